The van der Waals surface area contributed by atoms with Gasteiger partial charge in [0.2, 0.25) is 0 Å². The van der Waals surface area contributed by atoms with Gasteiger partial charge in [-0.1, -0.05) is 54.6 Å². The number of allylic oxidation sites excluding steroid dienone is 1. The predicted molar refractivity (Wildman–Crippen MR) is 116 cm³/mol. The van der Waals surface area contributed by atoms with Gasteiger partial charge < -0.3 is 9.15 Å². The van der Waals surface area contributed by atoms with Crippen LogP contribution < -0.4 is 4.74 Å². The van der Waals surface area contributed by atoms with Crippen molar-refractivity contribution in [3.8, 4) is 34.4 Å². The van der Waals surface area contributed by atoms with Crippen molar-refractivity contribution in [3.63, 3.8) is 0 Å². The fourth-order valence-corrected chi connectivity index (χ4v) is 3.70. The molecular weight excluding hydrogens is 380 g/mol. The molecule has 2 aromatic heterocycles. The lowest BCUT2D eigenvalue weighted by atomic mass is 10.0. The average Bonchev–Trinajstić information content (AvgIpc) is 3.43. The Labute approximate surface area is 173 Å². The van der Waals surface area contributed by atoms with Gasteiger partial charge in [-0.15, -0.1) is 11.3 Å². The van der Waals surface area contributed by atoms with Crippen LogP contribution in [0.2, 0.25) is 0 Å². The normalized spacial score (nSPS) is 11.2. The van der Waals surface area contributed by atoms with E-state index >= 15 is 0 Å². The third kappa shape index (κ3) is 4.29. The van der Waals surface area contributed by atoms with Gasteiger partial charge >= 0.3 is 0 Å². The summed E-state index contributed by atoms with van der Waals surface area (Å²) in [6, 6.07) is 24.3. The molecule has 0 fully saturated rings. The van der Waals surface area contributed by atoms with Crippen LogP contribution in [0.4, 0.5) is 0 Å². The van der Waals surface area contributed by atoms with Crippen molar-refractivity contribution in [2.45, 2.75) is 6.92 Å². The molecule has 4 nitrogen and oxygen atoms in total. The van der Waals surface area contributed by atoms with Gasteiger partial charge in [0.05, 0.1) is 17.9 Å². The lowest BCUT2D eigenvalue weighted by molar-refractivity contribution is 0.256. The molecule has 0 aliphatic rings. The highest BCUT2D eigenvalue weighted by atomic mass is 32.1. The molecule has 0 amide bonds. The van der Waals surface area contributed by atoms with Crippen LogP contribution in [-0.2, 0) is 0 Å². The van der Waals surface area contributed by atoms with Crippen molar-refractivity contribution in [2.24, 2.45) is 0 Å². The van der Waals surface area contributed by atoms with E-state index in [1.165, 1.54) is 16.9 Å². The number of rotatable bonds is 6. The molecule has 0 bridgehead atoms. The first kappa shape index (κ1) is 18.7. The number of nitriles is 1. The van der Waals surface area contributed by atoms with Gasteiger partial charge in [-0.2, -0.15) is 5.26 Å². The number of hydrogen-bond donors (Lipinski definition) is 0. The molecule has 0 radical (unpaired) electrons. The molecule has 0 saturated heterocycles. The Morgan fingerprint density at radius 2 is 1.76 bits per heavy atom. The number of thiazole rings is 1. The van der Waals surface area contributed by atoms with Crippen molar-refractivity contribution < 1.29 is 9.15 Å². The minimum Gasteiger partial charge on any atom is -0.465 e. The second-order valence-corrected chi connectivity index (χ2v) is 7.10. The molecule has 0 aliphatic heterocycles. The zero-order valence-electron chi connectivity index (χ0n) is 15.8. The molecular formula is C24H18N2O2S. The number of furan rings is 1. The molecule has 5 heteroatoms. The van der Waals surface area contributed by atoms with Gasteiger partial charge in [0.25, 0.3) is 5.95 Å². The molecule has 142 valence electrons. The fraction of sp³-hybridized carbons (Fsp3) is 0.0833. The molecule has 0 spiro atoms. The summed E-state index contributed by atoms with van der Waals surface area (Å²) in [5.74, 6) is 1.00. The molecule has 29 heavy (non-hydrogen) atoms. The van der Waals surface area contributed by atoms with E-state index in [-0.39, 0.29) is 0 Å². The first-order valence-electron chi connectivity index (χ1n) is 9.23. The molecule has 2 aromatic carbocycles. The van der Waals surface area contributed by atoms with Gasteiger partial charge in [0.15, 0.2) is 0 Å². The van der Waals surface area contributed by atoms with E-state index in [1.54, 1.807) is 18.2 Å². The van der Waals surface area contributed by atoms with Crippen LogP contribution in [0, 0.1) is 11.3 Å². The summed E-state index contributed by atoms with van der Waals surface area (Å²) in [4.78, 5) is 4.65. The first-order valence-corrected chi connectivity index (χ1v) is 10.1. The summed E-state index contributed by atoms with van der Waals surface area (Å²) in [5, 5.41) is 12.2. The molecule has 0 atom stereocenters. The quantitative estimate of drug-likeness (QED) is 0.346. The Hall–Kier alpha value is -3.62. The lowest BCUT2D eigenvalue weighted by Crippen LogP contribution is -1.87. The van der Waals surface area contributed by atoms with Gasteiger partial charge in [0, 0.05) is 23.1 Å². The molecule has 4 rings (SSSR count). The standard InChI is InChI=1S/C24H18N2O2S/c1-2-27-23-13-12-21(28-23)14-20(15-25)24-26-22(16-29-24)19-10-8-18(9-11-19)17-6-4-3-5-7-17/h3-14,16H,2H2,1H3/b20-14-. The molecule has 2 heterocycles. The summed E-state index contributed by atoms with van der Waals surface area (Å²) in [6.07, 6.45) is 1.68. The van der Waals surface area contributed by atoms with Crippen molar-refractivity contribution in [2.75, 3.05) is 6.61 Å². The summed E-state index contributed by atoms with van der Waals surface area (Å²) in [6.45, 7) is 2.42. The zero-order chi connectivity index (χ0) is 20.1. The van der Waals surface area contributed by atoms with Gasteiger partial charge in [-0.05, 0) is 24.1 Å². The molecule has 4 aromatic rings. The van der Waals surface area contributed by atoms with E-state index < -0.39 is 0 Å². The average molecular weight is 398 g/mol. The Kier molecular flexibility index (Phi) is 5.55. The minimum atomic E-state index is 0.439. The Morgan fingerprint density at radius 1 is 1.03 bits per heavy atom. The summed E-state index contributed by atoms with van der Waals surface area (Å²) in [7, 11) is 0. The Bertz CT molecular complexity index is 1170. The number of hydrogen-bond acceptors (Lipinski definition) is 5. The van der Waals surface area contributed by atoms with E-state index in [1.807, 2.05) is 30.5 Å². The van der Waals surface area contributed by atoms with Crippen LogP contribution in [-0.4, -0.2) is 11.6 Å². The van der Waals surface area contributed by atoms with Crippen LogP contribution in [0.1, 0.15) is 17.7 Å². The maximum Gasteiger partial charge on any atom is 0.284 e. The van der Waals surface area contributed by atoms with Gasteiger partial charge in [-0.3, -0.25) is 0 Å². The Balaban J connectivity index is 1.56. The predicted octanol–water partition coefficient (Wildman–Crippen LogP) is 6.53. The minimum absolute atomic E-state index is 0.439. The Morgan fingerprint density at radius 3 is 2.48 bits per heavy atom. The summed E-state index contributed by atoms with van der Waals surface area (Å²) < 4.78 is 10.9. The first-order chi connectivity index (χ1) is 14.3. The van der Waals surface area contributed by atoms with E-state index in [0.717, 1.165) is 16.8 Å². The molecule has 0 aliphatic carbocycles. The van der Waals surface area contributed by atoms with E-state index in [9.17, 15) is 5.26 Å². The number of nitrogens with zero attached hydrogens (tertiary/aromatic N) is 2. The topological polar surface area (TPSA) is 59.0 Å². The third-order valence-corrected chi connectivity index (χ3v) is 5.19. The van der Waals surface area contributed by atoms with Crippen molar-refractivity contribution >= 4 is 23.0 Å². The van der Waals surface area contributed by atoms with Gasteiger partial charge in [0.1, 0.15) is 16.8 Å². The summed E-state index contributed by atoms with van der Waals surface area (Å²) in [5.41, 5.74) is 4.66. The second-order valence-electron chi connectivity index (χ2n) is 6.24. The summed E-state index contributed by atoms with van der Waals surface area (Å²) >= 11 is 1.44. The van der Waals surface area contributed by atoms with Crippen LogP contribution in [0.25, 0.3) is 34.0 Å². The second kappa shape index (κ2) is 8.59. The van der Waals surface area contributed by atoms with Crippen molar-refractivity contribution in [1.82, 2.24) is 4.98 Å². The van der Waals surface area contributed by atoms with E-state index in [0.29, 0.717) is 28.9 Å². The van der Waals surface area contributed by atoms with E-state index in [4.69, 9.17) is 9.15 Å². The van der Waals surface area contributed by atoms with Crippen molar-refractivity contribution in [3.05, 3.63) is 82.9 Å². The third-order valence-electron chi connectivity index (χ3n) is 4.32. The molecule has 0 N–H and O–H groups in total. The van der Waals surface area contributed by atoms with Crippen LogP contribution >= 0.6 is 11.3 Å². The largest absolute Gasteiger partial charge is 0.465 e. The highest BCUT2D eigenvalue weighted by Gasteiger charge is 2.11. The maximum absolute atomic E-state index is 9.57. The van der Waals surface area contributed by atoms with Crippen LogP contribution in [0.5, 0.6) is 5.95 Å². The highest BCUT2D eigenvalue weighted by molar-refractivity contribution is 7.11. The number of aromatic nitrogens is 1. The van der Waals surface area contributed by atoms with Crippen LogP contribution in [0.3, 0.4) is 0 Å². The molecule has 0 saturated carbocycles. The van der Waals surface area contributed by atoms with Gasteiger partial charge in [-0.25, -0.2) is 4.98 Å². The monoisotopic (exact) mass is 398 g/mol. The number of ether oxygens (including phenoxy) is 1. The lowest BCUT2D eigenvalue weighted by Gasteiger charge is -2.02. The van der Waals surface area contributed by atoms with Crippen molar-refractivity contribution in [1.29, 1.82) is 5.26 Å². The molecule has 0 unspecified atom stereocenters. The fourth-order valence-electron chi connectivity index (χ4n) is 2.91. The maximum atomic E-state index is 9.57. The smallest absolute Gasteiger partial charge is 0.284 e. The van der Waals surface area contributed by atoms with E-state index in [2.05, 4.69) is 47.5 Å². The highest BCUT2D eigenvalue weighted by Crippen LogP contribution is 2.29. The number of benzene rings is 2. The van der Waals surface area contributed by atoms with Crippen LogP contribution in [0.15, 0.2) is 76.5 Å². The SMILES string of the molecule is CCOc1ccc(/C=C(/C#N)c2nc(-c3ccc(-c4ccccc4)cc3)cs2)o1. The zero-order valence-corrected chi connectivity index (χ0v) is 16.6.